The van der Waals surface area contributed by atoms with Gasteiger partial charge in [-0.25, -0.2) is 0 Å². The van der Waals surface area contributed by atoms with E-state index in [1.807, 2.05) is 0 Å². The van der Waals surface area contributed by atoms with E-state index in [1.165, 1.54) is 0 Å². The van der Waals surface area contributed by atoms with Gasteiger partial charge in [-0.1, -0.05) is 0 Å². The Labute approximate surface area is 95.1 Å². The highest BCUT2D eigenvalue weighted by molar-refractivity contribution is 6.45. The van der Waals surface area contributed by atoms with Crippen molar-refractivity contribution in [1.29, 1.82) is 0 Å². The Morgan fingerprint density at radius 3 is 2.31 bits per heavy atom. The lowest BCUT2D eigenvalue weighted by molar-refractivity contribution is -0.135. The lowest BCUT2D eigenvalue weighted by Gasteiger charge is -2.20. The summed E-state index contributed by atoms with van der Waals surface area (Å²) in [7, 11) is 2.05. The smallest absolute Gasteiger partial charge is 0.304 e. The number of amides is 2. The predicted molar refractivity (Wildman–Crippen MR) is 61.0 cm³/mol. The van der Waals surface area contributed by atoms with Crippen molar-refractivity contribution in [2.24, 2.45) is 4.99 Å². The zero-order valence-electron chi connectivity index (χ0n) is 9.91. The summed E-state index contributed by atoms with van der Waals surface area (Å²) in [4.78, 5) is 27.9. The zero-order valence-corrected chi connectivity index (χ0v) is 9.91. The van der Waals surface area contributed by atoms with Crippen LogP contribution in [0.2, 0.25) is 0 Å². The predicted octanol–water partition coefficient (Wildman–Crippen LogP) is -0.681. The molecule has 6 heteroatoms. The molecule has 0 atom stereocenters. The molecule has 6 nitrogen and oxygen atoms in total. The number of carbonyl (C=O) groups is 2. The lowest BCUT2D eigenvalue weighted by Crippen LogP contribution is -2.28. The number of guanidine groups is 1. The van der Waals surface area contributed by atoms with E-state index in [2.05, 4.69) is 41.4 Å². The number of aliphatic imine (C=N–C) groups is 1. The number of hydrogen-bond donors (Lipinski definition) is 2. The summed E-state index contributed by atoms with van der Waals surface area (Å²) in [5.41, 5.74) is 0. The van der Waals surface area contributed by atoms with Crippen LogP contribution in [0.25, 0.3) is 0 Å². The van der Waals surface area contributed by atoms with Crippen molar-refractivity contribution in [2.45, 2.75) is 26.3 Å². The Kier molecular flexibility index (Phi) is 4.42. The van der Waals surface area contributed by atoms with Gasteiger partial charge in [0.1, 0.15) is 0 Å². The molecular weight excluding hydrogens is 208 g/mol. The topological polar surface area (TPSA) is 73.8 Å². The number of hydrogen-bond acceptors (Lipinski definition) is 4. The van der Waals surface area contributed by atoms with Gasteiger partial charge < -0.3 is 4.90 Å². The second-order valence-electron chi connectivity index (χ2n) is 4.07. The maximum atomic E-state index is 10.8. The molecule has 0 aromatic heterocycles. The fourth-order valence-corrected chi connectivity index (χ4v) is 1.21. The maximum Gasteiger partial charge on any atom is 0.316 e. The quantitative estimate of drug-likeness (QED) is 0.482. The highest BCUT2D eigenvalue weighted by Crippen LogP contribution is 1.95. The number of rotatable bonds is 5. The molecule has 1 fully saturated rings. The van der Waals surface area contributed by atoms with Crippen LogP contribution in [0, 0.1) is 0 Å². The molecule has 0 aromatic carbocycles. The van der Waals surface area contributed by atoms with Gasteiger partial charge in [0.25, 0.3) is 0 Å². The molecular formula is C10H18N4O2. The fraction of sp³-hybridized carbons (Fsp3) is 0.700. The normalized spacial score (nSPS) is 15.7. The van der Waals surface area contributed by atoms with Gasteiger partial charge in [0.05, 0.1) is 0 Å². The van der Waals surface area contributed by atoms with Crippen LogP contribution in [0.15, 0.2) is 4.99 Å². The van der Waals surface area contributed by atoms with E-state index in [9.17, 15) is 9.59 Å². The van der Waals surface area contributed by atoms with Crippen LogP contribution < -0.4 is 10.6 Å². The van der Waals surface area contributed by atoms with Crippen LogP contribution in [0.3, 0.4) is 0 Å². The highest BCUT2D eigenvalue weighted by atomic mass is 16.2. The van der Waals surface area contributed by atoms with Crippen molar-refractivity contribution in [3.63, 3.8) is 0 Å². The van der Waals surface area contributed by atoms with E-state index in [1.54, 1.807) is 0 Å². The Morgan fingerprint density at radius 1 is 1.25 bits per heavy atom. The first kappa shape index (κ1) is 12.6. The minimum atomic E-state index is -0.641. The van der Waals surface area contributed by atoms with Gasteiger partial charge in [0.15, 0.2) is 0 Å². The summed E-state index contributed by atoms with van der Waals surface area (Å²) in [6, 6.07) is 0.513. The van der Waals surface area contributed by atoms with Crippen LogP contribution in [0.1, 0.15) is 20.3 Å². The van der Waals surface area contributed by atoms with Crippen LogP contribution in [-0.2, 0) is 9.59 Å². The van der Waals surface area contributed by atoms with E-state index in [-0.39, 0.29) is 5.96 Å². The molecule has 1 aliphatic heterocycles. The van der Waals surface area contributed by atoms with Crippen molar-refractivity contribution >= 4 is 17.8 Å². The number of nitrogens with one attached hydrogen (secondary N) is 2. The minimum Gasteiger partial charge on any atom is -0.304 e. The van der Waals surface area contributed by atoms with Crippen LogP contribution >= 0.6 is 0 Å². The first-order valence-electron chi connectivity index (χ1n) is 5.37. The summed E-state index contributed by atoms with van der Waals surface area (Å²) in [6.07, 6.45) is 0.893. The molecule has 0 bridgehead atoms. The second kappa shape index (κ2) is 5.60. The molecule has 0 spiro atoms. The first-order chi connectivity index (χ1) is 7.50. The molecule has 1 aliphatic rings. The molecule has 1 saturated heterocycles. The highest BCUT2D eigenvalue weighted by Gasteiger charge is 2.24. The number of nitrogens with zero attached hydrogens (tertiary/aromatic N) is 2. The molecule has 2 amide bonds. The van der Waals surface area contributed by atoms with Gasteiger partial charge in [-0.2, -0.15) is 0 Å². The third kappa shape index (κ3) is 3.62. The molecule has 1 rings (SSSR count). The summed E-state index contributed by atoms with van der Waals surface area (Å²) >= 11 is 0. The van der Waals surface area contributed by atoms with Crippen molar-refractivity contribution < 1.29 is 9.59 Å². The Hall–Kier alpha value is -1.43. The van der Waals surface area contributed by atoms with Gasteiger partial charge >= 0.3 is 11.8 Å². The summed E-state index contributed by atoms with van der Waals surface area (Å²) in [5.74, 6) is -1.02. The van der Waals surface area contributed by atoms with Crippen LogP contribution in [0.5, 0.6) is 0 Å². The average molecular weight is 226 g/mol. The Bertz CT molecular complexity index is 294. The van der Waals surface area contributed by atoms with Crippen LogP contribution in [-0.4, -0.2) is 48.9 Å². The van der Waals surface area contributed by atoms with Gasteiger partial charge in [-0.15, -0.1) is 0 Å². The molecule has 90 valence electrons. The maximum absolute atomic E-state index is 10.8. The molecule has 0 radical (unpaired) electrons. The van der Waals surface area contributed by atoms with Gasteiger partial charge in [-0.05, 0) is 33.9 Å². The van der Waals surface area contributed by atoms with E-state index < -0.39 is 11.8 Å². The van der Waals surface area contributed by atoms with Crippen LogP contribution in [0.4, 0.5) is 0 Å². The second-order valence-corrected chi connectivity index (χ2v) is 4.07. The van der Waals surface area contributed by atoms with Gasteiger partial charge in [-0.3, -0.25) is 25.2 Å². The molecule has 16 heavy (non-hydrogen) atoms. The third-order valence-electron chi connectivity index (χ3n) is 2.49. The van der Waals surface area contributed by atoms with E-state index in [0.717, 1.165) is 13.0 Å². The number of carbonyl (C=O) groups excluding carboxylic acids is 2. The molecule has 0 saturated carbocycles. The minimum absolute atomic E-state index is 0.266. The largest absolute Gasteiger partial charge is 0.316 e. The van der Waals surface area contributed by atoms with Crippen molar-refractivity contribution in [3.8, 4) is 0 Å². The molecule has 2 N–H and O–H groups in total. The molecule has 0 unspecified atom stereocenters. The monoisotopic (exact) mass is 226 g/mol. The van der Waals surface area contributed by atoms with Crippen molar-refractivity contribution in [2.75, 3.05) is 20.1 Å². The third-order valence-corrected chi connectivity index (χ3v) is 2.49. The van der Waals surface area contributed by atoms with E-state index in [4.69, 9.17) is 0 Å². The zero-order chi connectivity index (χ0) is 12.1. The first-order valence-corrected chi connectivity index (χ1v) is 5.37. The Balaban J connectivity index is 2.23. The Morgan fingerprint density at radius 2 is 1.81 bits per heavy atom. The average Bonchev–Trinajstić information content (AvgIpc) is 2.53. The van der Waals surface area contributed by atoms with Gasteiger partial charge in [0, 0.05) is 12.6 Å². The summed E-state index contributed by atoms with van der Waals surface area (Å²) in [6.45, 7) is 5.79. The summed E-state index contributed by atoms with van der Waals surface area (Å²) < 4.78 is 0. The van der Waals surface area contributed by atoms with E-state index in [0.29, 0.717) is 12.6 Å². The fourth-order valence-electron chi connectivity index (χ4n) is 1.21. The standard InChI is InChI=1S/C10H18N4O2/c1-7(2)14(3)6-4-5-11-10-12-8(15)9(16)13-10/h7H,4-6H2,1-3H3,(H2,11,12,13,15,16). The SMILES string of the molecule is CC(C)N(C)CCCN=C1NC(=O)C(=O)N1. The molecule has 0 aliphatic carbocycles. The lowest BCUT2D eigenvalue weighted by atomic mass is 10.3. The summed E-state index contributed by atoms with van der Waals surface area (Å²) in [5, 5.41) is 4.70. The van der Waals surface area contributed by atoms with Crippen molar-refractivity contribution in [3.05, 3.63) is 0 Å². The molecule has 1 heterocycles. The van der Waals surface area contributed by atoms with Crippen molar-refractivity contribution in [1.82, 2.24) is 15.5 Å². The van der Waals surface area contributed by atoms with E-state index >= 15 is 0 Å². The molecule has 0 aromatic rings. The van der Waals surface area contributed by atoms with Gasteiger partial charge in [0.2, 0.25) is 5.96 Å².